The van der Waals surface area contributed by atoms with E-state index >= 15 is 0 Å². The summed E-state index contributed by atoms with van der Waals surface area (Å²) in [6.07, 6.45) is 0. The van der Waals surface area contributed by atoms with Gasteiger partial charge in [0.2, 0.25) is 0 Å². The van der Waals surface area contributed by atoms with Crippen molar-refractivity contribution in [3.05, 3.63) is 188 Å². The average molecular weight is 580 g/mol. The fraction of sp³-hybridized carbons (Fsp3) is 0. The Balaban J connectivity index is 1.19. The smallest absolute Gasteiger partial charge is 0.0463 e. The molecule has 0 fully saturated rings. The van der Waals surface area contributed by atoms with Gasteiger partial charge in [-0.1, -0.05) is 103 Å². The number of hydrogen-bond donors (Lipinski definition) is 1. The van der Waals surface area contributed by atoms with Crippen LogP contribution in [0.2, 0.25) is 0 Å². The van der Waals surface area contributed by atoms with E-state index in [-0.39, 0.29) is 0 Å². The van der Waals surface area contributed by atoms with Crippen molar-refractivity contribution in [1.82, 2.24) is 0 Å². The molecule has 0 atom stereocenters. The lowest BCUT2D eigenvalue weighted by Gasteiger charge is -2.26. The highest BCUT2D eigenvalue weighted by atomic mass is 15.1. The van der Waals surface area contributed by atoms with Crippen LogP contribution in [0, 0.1) is 0 Å². The number of anilines is 7. The summed E-state index contributed by atoms with van der Waals surface area (Å²) in [5, 5.41) is 0. The molecule has 0 amide bonds. The van der Waals surface area contributed by atoms with E-state index in [2.05, 4.69) is 168 Å². The van der Waals surface area contributed by atoms with Gasteiger partial charge in [0.25, 0.3) is 0 Å². The Kier molecular flexibility index (Phi) is 7.81. The van der Waals surface area contributed by atoms with Crippen molar-refractivity contribution in [2.24, 2.45) is 0 Å². The highest BCUT2D eigenvalue weighted by Gasteiger charge is 2.15. The number of nitrogen functional groups attached to an aromatic ring is 1. The number of rotatable bonds is 8. The molecular formula is C42H33N3. The zero-order valence-electron chi connectivity index (χ0n) is 24.9. The molecule has 0 unspecified atom stereocenters. The lowest BCUT2D eigenvalue weighted by Crippen LogP contribution is -2.10. The standard InChI is InChI=1S/C42H33N3/c43-36-22-30-42(31-23-36)45(40-24-16-33(17-25-40)32-10-4-1-5-11-32)41-28-20-35(21-29-41)34-18-26-39(27-19-34)44(37-12-6-2-7-13-37)38-14-8-3-9-15-38/h1-31H,43H2. The first-order chi connectivity index (χ1) is 22.2. The molecular weight excluding hydrogens is 546 g/mol. The molecule has 0 radical (unpaired) electrons. The zero-order chi connectivity index (χ0) is 30.4. The van der Waals surface area contributed by atoms with Crippen molar-refractivity contribution >= 4 is 39.8 Å². The minimum absolute atomic E-state index is 0.745. The zero-order valence-corrected chi connectivity index (χ0v) is 24.9. The predicted octanol–water partition coefficient (Wildman–Crippen LogP) is 11.5. The number of nitrogens with zero attached hydrogens (tertiary/aromatic N) is 2. The van der Waals surface area contributed by atoms with Gasteiger partial charge in [-0.3, -0.25) is 0 Å². The van der Waals surface area contributed by atoms with Crippen molar-refractivity contribution in [2.75, 3.05) is 15.5 Å². The Morgan fingerprint density at radius 3 is 0.822 bits per heavy atom. The molecule has 7 aromatic carbocycles. The highest BCUT2D eigenvalue weighted by Crippen LogP contribution is 2.38. The molecule has 0 aliphatic heterocycles. The minimum atomic E-state index is 0.745. The molecule has 0 bridgehead atoms. The molecule has 7 aromatic rings. The van der Waals surface area contributed by atoms with E-state index in [1.807, 2.05) is 30.3 Å². The molecule has 0 heterocycles. The summed E-state index contributed by atoms with van der Waals surface area (Å²) < 4.78 is 0. The third-order valence-corrected chi connectivity index (χ3v) is 8.00. The molecule has 0 aliphatic carbocycles. The third-order valence-electron chi connectivity index (χ3n) is 8.00. The Morgan fingerprint density at radius 2 is 0.489 bits per heavy atom. The predicted molar refractivity (Wildman–Crippen MR) is 191 cm³/mol. The van der Waals surface area contributed by atoms with E-state index in [1.54, 1.807) is 0 Å². The van der Waals surface area contributed by atoms with Gasteiger partial charge >= 0.3 is 0 Å². The van der Waals surface area contributed by atoms with Crippen LogP contribution < -0.4 is 15.5 Å². The molecule has 0 saturated heterocycles. The first-order valence-electron chi connectivity index (χ1n) is 15.1. The number of hydrogen-bond acceptors (Lipinski definition) is 3. The summed E-state index contributed by atoms with van der Waals surface area (Å²) in [5.41, 5.74) is 18.1. The van der Waals surface area contributed by atoms with E-state index in [4.69, 9.17) is 5.73 Å². The van der Waals surface area contributed by atoms with Crippen LogP contribution in [0.25, 0.3) is 22.3 Å². The SMILES string of the molecule is Nc1ccc(N(c2ccc(-c3ccccc3)cc2)c2ccc(-c3ccc(N(c4ccccc4)c4ccccc4)cc3)cc2)cc1. The molecule has 2 N–H and O–H groups in total. The van der Waals surface area contributed by atoms with E-state index in [0.29, 0.717) is 0 Å². The van der Waals surface area contributed by atoms with E-state index in [9.17, 15) is 0 Å². The van der Waals surface area contributed by atoms with Gasteiger partial charge in [-0.2, -0.15) is 0 Å². The van der Waals surface area contributed by atoms with Gasteiger partial charge in [0.1, 0.15) is 0 Å². The summed E-state index contributed by atoms with van der Waals surface area (Å²) in [7, 11) is 0. The number of nitrogens with two attached hydrogens (primary N) is 1. The summed E-state index contributed by atoms with van der Waals surface area (Å²) in [6, 6.07) is 65.7. The molecule has 0 aromatic heterocycles. The Morgan fingerprint density at radius 1 is 0.244 bits per heavy atom. The molecule has 0 saturated carbocycles. The van der Waals surface area contributed by atoms with Crippen LogP contribution in [0.5, 0.6) is 0 Å². The monoisotopic (exact) mass is 579 g/mol. The molecule has 3 nitrogen and oxygen atoms in total. The van der Waals surface area contributed by atoms with Gasteiger partial charge in [0.15, 0.2) is 0 Å². The lowest BCUT2D eigenvalue weighted by atomic mass is 10.0. The molecule has 216 valence electrons. The summed E-state index contributed by atoms with van der Waals surface area (Å²) >= 11 is 0. The van der Waals surface area contributed by atoms with Gasteiger partial charge in [0, 0.05) is 39.8 Å². The van der Waals surface area contributed by atoms with Crippen molar-refractivity contribution < 1.29 is 0 Å². The number of benzene rings is 7. The van der Waals surface area contributed by atoms with E-state index < -0.39 is 0 Å². The van der Waals surface area contributed by atoms with Crippen molar-refractivity contribution in [3.8, 4) is 22.3 Å². The minimum Gasteiger partial charge on any atom is -0.399 e. The summed E-state index contributed by atoms with van der Waals surface area (Å²) in [5.74, 6) is 0. The highest BCUT2D eigenvalue weighted by molar-refractivity contribution is 5.81. The van der Waals surface area contributed by atoms with Crippen molar-refractivity contribution in [3.63, 3.8) is 0 Å². The summed E-state index contributed by atoms with van der Waals surface area (Å²) in [6.45, 7) is 0. The maximum atomic E-state index is 6.05. The first kappa shape index (κ1) is 27.8. The van der Waals surface area contributed by atoms with Gasteiger partial charge in [-0.15, -0.1) is 0 Å². The van der Waals surface area contributed by atoms with Gasteiger partial charge in [0.05, 0.1) is 0 Å². The molecule has 0 spiro atoms. The quantitative estimate of drug-likeness (QED) is 0.182. The van der Waals surface area contributed by atoms with Gasteiger partial charge in [-0.25, -0.2) is 0 Å². The fourth-order valence-corrected chi connectivity index (χ4v) is 5.71. The molecule has 7 rings (SSSR count). The second kappa shape index (κ2) is 12.7. The average Bonchev–Trinajstić information content (AvgIpc) is 3.12. The Labute approximate surface area is 265 Å². The van der Waals surface area contributed by atoms with Crippen LogP contribution in [0.15, 0.2) is 188 Å². The van der Waals surface area contributed by atoms with Crippen LogP contribution in [-0.4, -0.2) is 0 Å². The van der Waals surface area contributed by atoms with Crippen LogP contribution in [-0.2, 0) is 0 Å². The van der Waals surface area contributed by atoms with Crippen LogP contribution in [0.3, 0.4) is 0 Å². The van der Waals surface area contributed by atoms with Gasteiger partial charge < -0.3 is 15.5 Å². The molecule has 3 heteroatoms. The topological polar surface area (TPSA) is 32.5 Å². The largest absolute Gasteiger partial charge is 0.399 e. The normalized spacial score (nSPS) is 10.8. The van der Waals surface area contributed by atoms with Crippen LogP contribution in [0.1, 0.15) is 0 Å². The molecule has 45 heavy (non-hydrogen) atoms. The second-order valence-electron chi connectivity index (χ2n) is 10.9. The van der Waals surface area contributed by atoms with Crippen LogP contribution in [0.4, 0.5) is 39.8 Å². The Bertz CT molecular complexity index is 1910. The van der Waals surface area contributed by atoms with Crippen molar-refractivity contribution in [2.45, 2.75) is 0 Å². The lowest BCUT2D eigenvalue weighted by molar-refractivity contribution is 1.28. The first-order valence-corrected chi connectivity index (χ1v) is 15.1. The van der Waals surface area contributed by atoms with E-state index in [1.165, 1.54) is 11.1 Å². The van der Waals surface area contributed by atoms with Crippen LogP contribution >= 0.6 is 0 Å². The van der Waals surface area contributed by atoms with Crippen molar-refractivity contribution in [1.29, 1.82) is 0 Å². The van der Waals surface area contributed by atoms with Gasteiger partial charge in [-0.05, 0) is 107 Å². The number of para-hydroxylation sites is 2. The third kappa shape index (κ3) is 6.06. The Hall–Kier alpha value is -6.06. The maximum absolute atomic E-state index is 6.05. The van der Waals surface area contributed by atoms with E-state index in [0.717, 1.165) is 50.9 Å². The fourth-order valence-electron chi connectivity index (χ4n) is 5.71. The second-order valence-corrected chi connectivity index (χ2v) is 10.9. The molecule has 0 aliphatic rings. The summed E-state index contributed by atoms with van der Waals surface area (Å²) in [4.78, 5) is 4.54. The maximum Gasteiger partial charge on any atom is 0.0463 e.